The molecule has 1 rings (SSSR count). The monoisotopic (exact) mass is 227 g/mol. The van der Waals surface area contributed by atoms with Crippen molar-refractivity contribution in [3.05, 3.63) is 28.7 Å². The molecule has 0 aliphatic carbocycles. The van der Waals surface area contributed by atoms with Gasteiger partial charge < -0.3 is 4.98 Å². The summed E-state index contributed by atoms with van der Waals surface area (Å²) in [7, 11) is -3.81. The number of pyridine rings is 1. The Bertz CT molecular complexity index is 527. The predicted molar refractivity (Wildman–Crippen MR) is 52.5 cm³/mol. The molecule has 0 aromatic carbocycles. The Morgan fingerprint density at radius 3 is 2.87 bits per heavy atom. The maximum absolute atomic E-state index is 11.5. The molecule has 0 radical (unpaired) electrons. The van der Waals surface area contributed by atoms with Crippen LogP contribution in [0.5, 0.6) is 0 Å². The number of nitrogens with zero attached hydrogens (tertiary/aromatic N) is 1. The van der Waals surface area contributed by atoms with Gasteiger partial charge in [0.15, 0.2) is 0 Å². The molecule has 0 bridgehead atoms. The van der Waals surface area contributed by atoms with Crippen molar-refractivity contribution < 1.29 is 8.42 Å². The zero-order valence-electron chi connectivity index (χ0n) is 7.73. The van der Waals surface area contributed by atoms with Gasteiger partial charge in [-0.05, 0) is 0 Å². The van der Waals surface area contributed by atoms with Gasteiger partial charge in [0.1, 0.15) is 4.90 Å². The highest BCUT2D eigenvalue weighted by molar-refractivity contribution is 7.89. The number of nitriles is 1. The van der Waals surface area contributed by atoms with Crippen LogP contribution in [0.1, 0.15) is 6.42 Å². The molecule has 0 saturated heterocycles. The second-order valence-electron chi connectivity index (χ2n) is 2.68. The Hall–Kier alpha value is -1.65. The summed E-state index contributed by atoms with van der Waals surface area (Å²) in [6.45, 7) is -0.00678. The average molecular weight is 227 g/mol. The molecule has 1 aromatic rings. The molecule has 15 heavy (non-hydrogen) atoms. The van der Waals surface area contributed by atoms with Crippen molar-refractivity contribution in [3.63, 3.8) is 0 Å². The van der Waals surface area contributed by atoms with Crippen LogP contribution in [-0.2, 0) is 10.0 Å². The van der Waals surface area contributed by atoms with Gasteiger partial charge in [0, 0.05) is 31.4 Å². The normalized spacial score (nSPS) is 10.9. The van der Waals surface area contributed by atoms with Crippen LogP contribution in [-0.4, -0.2) is 19.9 Å². The highest BCUT2D eigenvalue weighted by Gasteiger charge is 2.16. The van der Waals surface area contributed by atoms with Crippen molar-refractivity contribution in [2.75, 3.05) is 6.54 Å². The van der Waals surface area contributed by atoms with Crippen molar-refractivity contribution >= 4 is 10.0 Å². The molecule has 7 heteroatoms. The number of hydrogen-bond acceptors (Lipinski definition) is 4. The summed E-state index contributed by atoms with van der Waals surface area (Å²) in [6.07, 6.45) is 2.51. The van der Waals surface area contributed by atoms with E-state index in [0.717, 1.165) is 12.3 Å². The molecule has 0 aliphatic heterocycles. The van der Waals surface area contributed by atoms with Gasteiger partial charge >= 0.3 is 0 Å². The number of aromatic amines is 1. The average Bonchev–Trinajstić information content (AvgIpc) is 2.18. The third-order valence-corrected chi connectivity index (χ3v) is 3.09. The maximum atomic E-state index is 11.5. The largest absolute Gasteiger partial charge is 0.366 e. The van der Waals surface area contributed by atoms with Crippen molar-refractivity contribution in [2.45, 2.75) is 11.3 Å². The van der Waals surface area contributed by atoms with Crippen LogP contribution in [0.15, 0.2) is 28.2 Å². The first-order valence-electron chi connectivity index (χ1n) is 4.11. The minimum Gasteiger partial charge on any atom is -0.366 e. The van der Waals surface area contributed by atoms with Crippen LogP contribution >= 0.6 is 0 Å². The third kappa shape index (κ3) is 2.90. The fourth-order valence-corrected chi connectivity index (χ4v) is 2.01. The minimum absolute atomic E-state index is 0.00678. The van der Waals surface area contributed by atoms with E-state index >= 15 is 0 Å². The molecule has 0 aliphatic rings. The van der Waals surface area contributed by atoms with Gasteiger partial charge in [-0.3, -0.25) is 4.79 Å². The molecule has 0 fully saturated rings. The number of aromatic nitrogens is 1. The summed E-state index contributed by atoms with van der Waals surface area (Å²) >= 11 is 0. The number of rotatable bonds is 4. The smallest absolute Gasteiger partial charge is 0.245 e. The van der Waals surface area contributed by atoms with Gasteiger partial charge in [-0.1, -0.05) is 0 Å². The van der Waals surface area contributed by atoms with Crippen molar-refractivity contribution in [3.8, 4) is 6.07 Å². The van der Waals surface area contributed by atoms with Crippen LogP contribution in [0.3, 0.4) is 0 Å². The molecule has 1 aromatic heterocycles. The van der Waals surface area contributed by atoms with Crippen LogP contribution in [0, 0.1) is 11.3 Å². The summed E-state index contributed by atoms with van der Waals surface area (Å²) < 4.78 is 25.1. The summed E-state index contributed by atoms with van der Waals surface area (Å²) in [5.41, 5.74) is -0.585. The SMILES string of the molecule is N#CCCNS(=O)(=O)c1c[nH]ccc1=O. The van der Waals surface area contributed by atoms with E-state index in [1.54, 1.807) is 6.07 Å². The summed E-state index contributed by atoms with van der Waals surface area (Å²) in [4.78, 5) is 13.4. The Balaban J connectivity index is 2.93. The first-order chi connectivity index (χ1) is 7.08. The van der Waals surface area contributed by atoms with Crippen molar-refractivity contribution in [2.24, 2.45) is 0 Å². The highest BCUT2D eigenvalue weighted by Crippen LogP contribution is 1.99. The molecule has 0 amide bonds. The second kappa shape index (κ2) is 4.72. The zero-order chi connectivity index (χ0) is 11.3. The van der Waals surface area contributed by atoms with Crippen molar-refractivity contribution in [1.29, 1.82) is 5.26 Å². The summed E-state index contributed by atoms with van der Waals surface area (Å²) in [6, 6.07) is 2.92. The number of sulfonamides is 1. The van der Waals surface area contributed by atoms with E-state index in [4.69, 9.17) is 5.26 Å². The molecule has 0 saturated carbocycles. The highest BCUT2D eigenvalue weighted by atomic mass is 32.2. The van der Waals surface area contributed by atoms with Gasteiger partial charge in [-0.25, -0.2) is 13.1 Å². The van der Waals surface area contributed by atoms with E-state index in [0.29, 0.717) is 0 Å². The van der Waals surface area contributed by atoms with Crippen LogP contribution in [0.25, 0.3) is 0 Å². The predicted octanol–water partition coefficient (Wildman–Crippen LogP) is -0.433. The molecule has 2 N–H and O–H groups in total. The maximum Gasteiger partial charge on any atom is 0.245 e. The van der Waals surface area contributed by atoms with E-state index in [-0.39, 0.29) is 17.9 Å². The lowest BCUT2D eigenvalue weighted by molar-refractivity contribution is 0.581. The van der Waals surface area contributed by atoms with Gasteiger partial charge in [0.25, 0.3) is 0 Å². The number of H-pyrrole nitrogens is 1. The first-order valence-corrected chi connectivity index (χ1v) is 5.60. The lowest BCUT2D eigenvalue weighted by Crippen LogP contribution is -2.28. The van der Waals surface area contributed by atoms with E-state index in [1.165, 1.54) is 6.20 Å². The quantitative estimate of drug-likeness (QED) is 0.681. The fraction of sp³-hybridized carbons (Fsp3) is 0.250. The Morgan fingerprint density at radius 1 is 1.53 bits per heavy atom. The molecule has 80 valence electrons. The molecule has 0 spiro atoms. The Kier molecular flexibility index (Phi) is 3.60. The van der Waals surface area contributed by atoms with E-state index in [2.05, 4.69) is 9.71 Å². The molecular weight excluding hydrogens is 218 g/mol. The lowest BCUT2D eigenvalue weighted by atomic mass is 10.5. The Labute approximate surface area is 86.6 Å². The fourth-order valence-electron chi connectivity index (χ4n) is 0.930. The zero-order valence-corrected chi connectivity index (χ0v) is 8.54. The van der Waals surface area contributed by atoms with Gasteiger partial charge in [0.2, 0.25) is 15.5 Å². The minimum atomic E-state index is -3.81. The third-order valence-electron chi connectivity index (χ3n) is 1.61. The van der Waals surface area contributed by atoms with Crippen molar-refractivity contribution in [1.82, 2.24) is 9.71 Å². The molecule has 1 heterocycles. The first kappa shape index (κ1) is 11.4. The molecule has 0 unspecified atom stereocenters. The van der Waals surface area contributed by atoms with Gasteiger partial charge in [-0.15, -0.1) is 0 Å². The summed E-state index contributed by atoms with van der Waals surface area (Å²) in [5.74, 6) is 0. The van der Waals surface area contributed by atoms with Gasteiger partial charge in [0.05, 0.1) is 6.07 Å². The van der Waals surface area contributed by atoms with E-state index < -0.39 is 15.5 Å². The standard InChI is InChI=1S/C8H9N3O3S/c9-3-1-4-11-15(13,14)8-6-10-5-2-7(8)12/h2,5-6,11H,1,4H2,(H,10,12). The van der Waals surface area contributed by atoms with Crippen LogP contribution < -0.4 is 10.2 Å². The molecular formula is C8H9N3O3S. The van der Waals surface area contributed by atoms with Gasteiger partial charge in [-0.2, -0.15) is 5.26 Å². The Morgan fingerprint density at radius 2 is 2.27 bits per heavy atom. The number of hydrogen-bond donors (Lipinski definition) is 2. The topological polar surface area (TPSA) is 103 Å². The van der Waals surface area contributed by atoms with E-state index in [9.17, 15) is 13.2 Å². The van der Waals surface area contributed by atoms with E-state index in [1.807, 2.05) is 0 Å². The summed E-state index contributed by atoms with van der Waals surface area (Å²) in [5, 5.41) is 8.24. The second-order valence-corrected chi connectivity index (χ2v) is 4.41. The van der Waals surface area contributed by atoms with Crippen LogP contribution in [0.2, 0.25) is 0 Å². The van der Waals surface area contributed by atoms with Crippen LogP contribution in [0.4, 0.5) is 0 Å². The molecule has 0 atom stereocenters. The number of nitrogens with one attached hydrogen (secondary N) is 2. The lowest BCUT2D eigenvalue weighted by Gasteiger charge is -2.02. The molecule has 6 nitrogen and oxygen atoms in total.